The van der Waals surface area contributed by atoms with Crippen LogP contribution in [0.3, 0.4) is 0 Å². The predicted octanol–water partition coefficient (Wildman–Crippen LogP) is 2.98. The smallest absolute Gasteiger partial charge is 0.332 e. The predicted molar refractivity (Wildman–Crippen MR) is 71.7 cm³/mol. The van der Waals surface area contributed by atoms with E-state index in [-0.39, 0.29) is 6.42 Å². The third-order valence-corrected chi connectivity index (χ3v) is 2.96. The lowest BCUT2D eigenvalue weighted by Gasteiger charge is -2.06. The summed E-state index contributed by atoms with van der Waals surface area (Å²) in [4.78, 5) is 10.3. The van der Waals surface area contributed by atoms with E-state index in [0.29, 0.717) is 13.2 Å². The zero-order valence-electron chi connectivity index (χ0n) is 11.6. The van der Waals surface area contributed by atoms with E-state index in [0.717, 1.165) is 6.42 Å². The minimum atomic E-state index is -1.29. The van der Waals surface area contributed by atoms with Gasteiger partial charge in [-0.25, -0.2) is 4.79 Å². The molecule has 0 aromatic carbocycles. The van der Waals surface area contributed by atoms with Gasteiger partial charge in [-0.2, -0.15) is 0 Å². The zero-order chi connectivity index (χ0) is 13.6. The highest BCUT2D eigenvalue weighted by molar-refractivity contribution is 5.71. The fourth-order valence-electron chi connectivity index (χ4n) is 1.76. The number of aliphatic hydroxyl groups is 1. The molecule has 0 rings (SSSR count). The van der Waals surface area contributed by atoms with Crippen LogP contribution in [0.2, 0.25) is 0 Å². The van der Waals surface area contributed by atoms with Gasteiger partial charge in [0, 0.05) is 19.6 Å². The standard InChI is InChI=1S/C14H28O4/c1-2-3-4-5-6-7-8-9-11-18-12-10-13(15)14(16)17/h13,15H,2-12H2,1H3,(H,16,17)/t13-/m0/s1. The first-order chi connectivity index (χ1) is 8.68. The van der Waals surface area contributed by atoms with E-state index < -0.39 is 12.1 Å². The molecule has 0 aliphatic rings. The summed E-state index contributed by atoms with van der Waals surface area (Å²) in [7, 11) is 0. The molecule has 0 unspecified atom stereocenters. The maximum atomic E-state index is 10.3. The molecule has 0 fully saturated rings. The lowest BCUT2D eigenvalue weighted by atomic mass is 10.1. The van der Waals surface area contributed by atoms with E-state index in [9.17, 15) is 4.79 Å². The van der Waals surface area contributed by atoms with Crippen molar-refractivity contribution in [1.29, 1.82) is 0 Å². The second-order valence-electron chi connectivity index (χ2n) is 4.73. The summed E-state index contributed by atoms with van der Waals surface area (Å²) in [6, 6.07) is 0. The Morgan fingerprint density at radius 2 is 1.56 bits per heavy atom. The third-order valence-electron chi connectivity index (χ3n) is 2.96. The van der Waals surface area contributed by atoms with E-state index in [4.69, 9.17) is 14.9 Å². The van der Waals surface area contributed by atoms with Gasteiger partial charge in [0.05, 0.1) is 0 Å². The number of aliphatic carboxylic acids is 1. The average Bonchev–Trinajstić information content (AvgIpc) is 2.35. The van der Waals surface area contributed by atoms with Crippen molar-refractivity contribution in [3.05, 3.63) is 0 Å². The minimum Gasteiger partial charge on any atom is -0.479 e. The van der Waals surface area contributed by atoms with Gasteiger partial charge < -0.3 is 14.9 Å². The lowest BCUT2D eigenvalue weighted by molar-refractivity contribution is -0.147. The molecular formula is C14H28O4. The van der Waals surface area contributed by atoms with E-state index in [1.165, 1.54) is 44.9 Å². The van der Waals surface area contributed by atoms with Crippen molar-refractivity contribution >= 4 is 5.97 Å². The SMILES string of the molecule is CCCCCCCCCCOCC[C@H](O)C(=O)O. The normalized spacial score (nSPS) is 12.6. The molecule has 18 heavy (non-hydrogen) atoms. The van der Waals surface area contributed by atoms with Gasteiger partial charge in [-0.3, -0.25) is 0 Å². The Morgan fingerprint density at radius 1 is 1.00 bits per heavy atom. The van der Waals surface area contributed by atoms with Gasteiger partial charge in [0.25, 0.3) is 0 Å². The van der Waals surface area contributed by atoms with Crippen molar-refractivity contribution in [3.8, 4) is 0 Å². The van der Waals surface area contributed by atoms with Crippen LogP contribution in [0.15, 0.2) is 0 Å². The zero-order valence-corrected chi connectivity index (χ0v) is 11.6. The maximum absolute atomic E-state index is 10.3. The molecule has 2 N–H and O–H groups in total. The number of carboxylic acid groups (broad SMARTS) is 1. The number of hydrogen-bond donors (Lipinski definition) is 2. The summed E-state index contributed by atoms with van der Waals surface area (Å²) in [5.74, 6) is -1.18. The number of unbranched alkanes of at least 4 members (excludes halogenated alkanes) is 7. The van der Waals surface area contributed by atoms with Gasteiger partial charge >= 0.3 is 5.97 Å². The van der Waals surface area contributed by atoms with Crippen LogP contribution in [0.1, 0.15) is 64.7 Å². The maximum Gasteiger partial charge on any atom is 0.332 e. The van der Waals surface area contributed by atoms with Crippen LogP contribution in [0.25, 0.3) is 0 Å². The highest BCUT2D eigenvalue weighted by atomic mass is 16.5. The molecule has 0 radical (unpaired) electrons. The Labute approximate surface area is 110 Å². The first-order valence-electron chi connectivity index (χ1n) is 7.17. The Hall–Kier alpha value is -0.610. The highest BCUT2D eigenvalue weighted by Gasteiger charge is 2.11. The van der Waals surface area contributed by atoms with Gasteiger partial charge in [-0.15, -0.1) is 0 Å². The van der Waals surface area contributed by atoms with Crippen molar-refractivity contribution in [2.24, 2.45) is 0 Å². The first-order valence-corrected chi connectivity index (χ1v) is 7.17. The molecule has 0 spiro atoms. The Balaban J connectivity index is 3.05. The van der Waals surface area contributed by atoms with Crippen LogP contribution in [0.5, 0.6) is 0 Å². The summed E-state index contributed by atoms with van der Waals surface area (Å²) in [6.07, 6.45) is 8.95. The van der Waals surface area contributed by atoms with Crippen LogP contribution in [0, 0.1) is 0 Å². The van der Waals surface area contributed by atoms with Crippen molar-refractivity contribution in [2.75, 3.05) is 13.2 Å². The molecule has 4 heteroatoms. The van der Waals surface area contributed by atoms with Gasteiger partial charge in [0.1, 0.15) is 0 Å². The van der Waals surface area contributed by atoms with Crippen molar-refractivity contribution < 1.29 is 19.7 Å². The van der Waals surface area contributed by atoms with E-state index in [1.54, 1.807) is 0 Å². The Bertz CT molecular complexity index is 194. The van der Waals surface area contributed by atoms with Gasteiger partial charge in [-0.05, 0) is 6.42 Å². The average molecular weight is 260 g/mol. The monoisotopic (exact) mass is 260 g/mol. The molecule has 0 amide bonds. The van der Waals surface area contributed by atoms with E-state index in [2.05, 4.69) is 6.92 Å². The van der Waals surface area contributed by atoms with E-state index in [1.807, 2.05) is 0 Å². The summed E-state index contributed by atoms with van der Waals surface area (Å²) in [6.45, 7) is 3.21. The Kier molecular flexibility index (Phi) is 12.4. The summed E-state index contributed by atoms with van der Waals surface area (Å²) >= 11 is 0. The number of carboxylic acids is 1. The molecule has 0 aliphatic heterocycles. The third kappa shape index (κ3) is 11.9. The van der Waals surface area contributed by atoms with Crippen molar-refractivity contribution in [2.45, 2.75) is 70.8 Å². The quantitative estimate of drug-likeness (QED) is 0.500. The van der Waals surface area contributed by atoms with Crippen LogP contribution < -0.4 is 0 Å². The summed E-state index contributed by atoms with van der Waals surface area (Å²) < 4.78 is 5.28. The van der Waals surface area contributed by atoms with Crippen LogP contribution in [-0.4, -0.2) is 35.5 Å². The molecule has 0 aromatic rings. The topological polar surface area (TPSA) is 66.8 Å². The number of hydrogen-bond acceptors (Lipinski definition) is 3. The first kappa shape index (κ1) is 17.4. The van der Waals surface area contributed by atoms with E-state index >= 15 is 0 Å². The molecule has 0 bridgehead atoms. The second kappa shape index (κ2) is 12.8. The molecule has 0 aliphatic carbocycles. The number of aliphatic hydroxyl groups excluding tert-OH is 1. The molecular weight excluding hydrogens is 232 g/mol. The van der Waals surface area contributed by atoms with Gasteiger partial charge in [-0.1, -0.05) is 51.9 Å². The van der Waals surface area contributed by atoms with Gasteiger partial charge in [0.2, 0.25) is 0 Å². The molecule has 1 atom stereocenters. The van der Waals surface area contributed by atoms with Crippen LogP contribution >= 0.6 is 0 Å². The molecule has 108 valence electrons. The molecule has 0 saturated heterocycles. The number of rotatable bonds is 13. The molecule has 0 heterocycles. The second-order valence-corrected chi connectivity index (χ2v) is 4.73. The highest BCUT2D eigenvalue weighted by Crippen LogP contribution is 2.08. The minimum absolute atomic E-state index is 0.173. The number of carbonyl (C=O) groups is 1. The molecule has 0 saturated carbocycles. The largest absolute Gasteiger partial charge is 0.479 e. The van der Waals surface area contributed by atoms with Crippen LogP contribution in [-0.2, 0) is 9.53 Å². The molecule has 0 aromatic heterocycles. The fourth-order valence-corrected chi connectivity index (χ4v) is 1.76. The number of ether oxygens (including phenoxy) is 1. The van der Waals surface area contributed by atoms with Crippen molar-refractivity contribution in [1.82, 2.24) is 0 Å². The Morgan fingerprint density at radius 3 is 2.11 bits per heavy atom. The van der Waals surface area contributed by atoms with Crippen molar-refractivity contribution in [3.63, 3.8) is 0 Å². The molecule has 4 nitrogen and oxygen atoms in total. The fraction of sp³-hybridized carbons (Fsp3) is 0.929. The summed E-state index contributed by atoms with van der Waals surface area (Å²) in [5, 5.41) is 17.4. The van der Waals surface area contributed by atoms with Gasteiger partial charge in [0.15, 0.2) is 6.10 Å². The van der Waals surface area contributed by atoms with Crippen LogP contribution in [0.4, 0.5) is 0 Å². The summed E-state index contributed by atoms with van der Waals surface area (Å²) in [5.41, 5.74) is 0. The lowest BCUT2D eigenvalue weighted by Crippen LogP contribution is -2.21.